The number of sulfonamides is 1. The molecule has 0 saturated carbocycles. The summed E-state index contributed by atoms with van der Waals surface area (Å²) in [5.74, 6) is -0.522. The average molecular weight is 389 g/mol. The first-order chi connectivity index (χ1) is 12.8. The van der Waals surface area contributed by atoms with E-state index >= 15 is 0 Å². The Kier molecular flexibility index (Phi) is 7.09. The van der Waals surface area contributed by atoms with Crippen molar-refractivity contribution >= 4 is 21.8 Å². The van der Waals surface area contributed by atoms with Crippen LogP contribution in [0.4, 0.5) is 0 Å². The van der Waals surface area contributed by atoms with Crippen molar-refractivity contribution in [1.82, 2.24) is 15.4 Å². The zero-order valence-corrected chi connectivity index (χ0v) is 16.1. The smallest absolute Gasteiger partial charge is 0.251 e. The fourth-order valence-corrected chi connectivity index (χ4v) is 3.20. The molecule has 0 bridgehead atoms. The van der Waals surface area contributed by atoms with E-state index in [-0.39, 0.29) is 35.9 Å². The summed E-state index contributed by atoms with van der Waals surface area (Å²) >= 11 is 0. The van der Waals surface area contributed by atoms with Crippen LogP contribution in [0.1, 0.15) is 21.5 Å². The topological polar surface area (TPSA) is 104 Å². The van der Waals surface area contributed by atoms with Crippen LogP contribution in [0.15, 0.2) is 53.4 Å². The monoisotopic (exact) mass is 389 g/mol. The fourth-order valence-electron chi connectivity index (χ4n) is 2.45. The molecule has 2 rings (SSSR count). The zero-order valence-electron chi connectivity index (χ0n) is 15.3. The van der Waals surface area contributed by atoms with Crippen LogP contribution in [-0.2, 0) is 21.2 Å². The van der Waals surface area contributed by atoms with Crippen LogP contribution < -0.4 is 15.4 Å². The Hall–Kier alpha value is -2.71. The summed E-state index contributed by atoms with van der Waals surface area (Å²) in [6.07, 6.45) is 0.276. The second-order valence-corrected chi connectivity index (χ2v) is 7.84. The highest BCUT2D eigenvalue weighted by Gasteiger charge is 2.16. The lowest BCUT2D eigenvalue weighted by atomic mass is 10.1. The van der Waals surface area contributed by atoms with Gasteiger partial charge in [-0.15, -0.1) is 0 Å². The standard InChI is InChI=1S/C19H23N3O4S/c1-14-8-9-16(27(25,26)20-2)13-17(14)19(24)22-11-10-21-18(23)12-15-6-4-3-5-7-15/h3-9,13,20H,10-12H2,1-2H3,(H,21,23)(H,22,24). The van der Waals surface area contributed by atoms with Crippen molar-refractivity contribution in [3.63, 3.8) is 0 Å². The van der Waals surface area contributed by atoms with Gasteiger partial charge in [-0.25, -0.2) is 13.1 Å². The molecule has 2 amide bonds. The Labute approximate surface area is 159 Å². The Morgan fingerprint density at radius 2 is 1.63 bits per heavy atom. The summed E-state index contributed by atoms with van der Waals surface area (Å²) in [5, 5.41) is 5.42. The van der Waals surface area contributed by atoms with Gasteiger partial charge in [0.15, 0.2) is 0 Å². The van der Waals surface area contributed by atoms with Crippen molar-refractivity contribution in [1.29, 1.82) is 0 Å². The van der Waals surface area contributed by atoms with Crippen LogP contribution in [0.25, 0.3) is 0 Å². The largest absolute Gasteiger partial charge is 0.354 e. The molecule has 0 aliphatic rings. The summed E-state index contributed by atoms with van der Waals surface area (Å²) in [6, 6.07) is 13.7. The van der Waals surface area contributed by atoms with Crippen LogP contribution in [0, 0.1) is 6.92 Å². The van der Waals surface area contributed by atoms with Gasteiger partial charge in [0.2, 0.25) is 15.9 Å². The molecule has 3 N–H and O–H groups in total. The van der Waals surface area contributed by atoms with E-state index in [9.17, 15) is 18.0 Å². The minimum atomic E-state index is -3.62. The summed E-state index contributed by atoms with van der Waals surface area (Å²) < 4.78 is 26.0. The first kappa shape index (κ1) is 20.6. The van der Waals surface area contributed by atoms with Crippen molar-refractivity contribution < 1.29 is 18.0 Å². The molecule has 0 aliphatic heterocycles. The molecule has 0 heterocycles. The van der Waals surface area contributed by atoms with E-state index < -0.39 is 15.9 Å². The maximum absolute atomic E-state index is 12.3. The maximum atomic E-state index is 12.3. The second kappa shape index (κ2) is 9.29. The third-order valence-corrected chi connectivity index (χ3v) is 5.38. The van der Waals surface area contributed by atoms with Gasteiger partial charge < -0.3 is 10.6 Å². The third-order valence-electron chi connectivity index (χ3n) is 3.97. The Bertz CT molecular complexity index is 912. The van der Waals surface area contributed by atoms with Gasteiger partial charge in [0, 0.05) is 18.7 Å². The fraction of sp³-hybridized carbons (Fsp3) is 0.263. The second-order valence-electron chi connectivity index (χ2n) is 5.95. The molecule has 0 fully saturated rings. The highest BCUT2D eigenvalue weighted by atomic mass is 32.2. The normalized spacial score (nSPS) is 11.0. The first-order valence-corrected chi connectivity index (χ1v) is 9.95. The van der Waals surface area contributed by atoms with E-state index in [4.69, 9.17) is 0 Å². The Morgan fingerprint density at radius 1 is 0.963 bits per heavy atom. The van der Waals surface area contributed by atoms with Gasteiger partial charge in [-0.1, -0.05) is 36.4 Å². The molecule has 0 atom stereocenters. The van der Waals surface area contributed by atoms with Crippen LogP contribution in [0.2, 0.25) is 0 Å². The molecule has 7 nitrogen and oxygen atoms in total. The molecule has 0 aliphatic carbocycles. The minimum absolute atomic E-state index is 0.0249. The maximum Gasteiger partial charge on any atom is 0.251 e. The highest BCUT2D eigenvalue weighted by molar-refractivity contribution is 7.89. The molecule has 144 valence electrons. The van der Waals surface area contributed by atoms with E-state index in [1.807, 2.05) is 30.3 Å². The van der Waals surface area contributed by atoms with Gasteiger partial charge in [-0.3, -0.25) is 9.59 Å². The molecule has 2 aromatic carbocycles. The van der Waals surface area contributed by atoms with E-state index in [0.717, 1.165) is 5.56 Å². The molecule has 27 heavy (non-hydrogen) atoms. The molecule has 0 saturated heterocycles. The van der Waals surface area contributed by atoms with Crippen LogP contribution >= 0.6 is 0 Å². The van der Waals surface area contributed by atoms with Gasteiger partial charge in [-0.05, 0) is 37.2 Å². The molecule has 2 aromatic rings. The molecule has 0 unspecified atom stereocenters. The highest BCUT2D eigenvalue weighted by Crippen LogP contribution is 2.15. The summed E-state index contributed by atoms with van der Waals surface area (Å²) in [5.41, 5.74) is 1.86. The minimum Gasteiger partial charge on any atom is -0.354 e. The lowest BCUT2D eigenvalue weighted by Crippen LogP contribution is -2.35. The van der Waals surface area contributed by atoms with Gasteiger partial charge in [0.05, 0.1) is 11.3 Å². The lowest BCUT2D eigenvalue weighted by molar-refractivity contribution is -0.120. The van der Waals surface area contributed by atoms with Crippen molar-refractivity contribution in [3.8, 4) is 0 Å². The number of hydrogen-bond donors (Lipinski definition) is 3. The quantitative estimate of drug-likeness (QED) is 0.586. The number of rotatable bonds is 8. The van der Waals surface area contributed by atoms with Gasteiger partial charge in [0.1, 0.15) is 0 Å². The van der Waals surface area contributed by atoms with Gasteiger partial charge in [0.25, 0.3) is 5.91 Å². The first-order valence-electron chi connectivity index (χ1n) is 8.46. The van der Waals surface area contributed by atoms with E-state index in [0.29, 0.717) is 5.56 Å². The van der Waals surface area contributed by atoms with Gasteiger partial charge >= 0.3 is 0 Å². The SMILES string of the molecule is CNS(=O)(=O)c1ccc(C)c(C(=O)NCCNC(=O)Cc2ccccc2)c1. The predicted molar refractivity (Wildman–Crippen MR) is 103 cm³/mol. The summed E-state index contributed by atoms with van der Waals surface area (Å²) in [4.78, 5) is 24.2. The van der Waals surface area contributed by atoms with E-state index in [1.165, 1.54) is 19.2 Å². The molecule has 0 aromatic heterocycles. The Balaban J connectivity index is 1.87. The van der Waals surface area contributed by atoms with Crippen LogP contribution in [0.5, 0.6) is 0 Å². The summed E-state index contributed by atoms with van der Waals surface area (Å²) in [7, 11) is -2.31. The zero-order chi connectivity index (χ0) is 19.9. The van der Waals surface area contributed by atoms with Crippen LogP contribution in [0.3, 0.4) is 0 Å². The molecular formula is C19H23N3O4S. The predicted octanol–water partition coefficient (Wildman–Crippen LogP) is 0.992. The molecule has 8 heteroatoms. The molecule has 0 spiro atoms. The number of aryl methyl sites for hydroxylation is 1. The number of carbonyl (C=O) groups is 2. The lowest BCUT2D eigenvalue weighted by Gasteiger charge is -2.11. The van der Waals surface area contributed by atoms with Crippen LogP contribution in [-0.4, -0.2) is 40.4 Å². The molecular weight excluding hydrogens is 366 g/mol. The average Bonchev–Trinajstić information content (AvgIpc) is 2.66. The third kappa shape index (κ3) is 5.90. The number of benzene rings is 2. The number of amides is 2. The number of hydrogen-bond acceptors (Lipinski definition) is 4. The van der Waals surface area contributed by atoms with Crippen molar-refractivity contribution in [2.75, 3.05) is 20.1 Å². The number of carbonyl (C=O) groups excluding carboxylic acids is 2. The molecule has 0 radical (unpaired) electrons. The van der Waals surface area contributed by atoms with E-state index in [2.05, 4.69) is 15.4 Å². The van der Waals surface area contributed by atoms with Crippen molar-refractivity contribution in [2.45, 2.75) is 18.2 Å². The number of nitrogens with one attached hydrogen (secondary N) is 3. The summed E-state index contributed by atoms with van der Waals surface area (Å²) in [6.45, 7) is 2.25. The van der Waals surface area contributed by atoms with E-state index in [1.54, 1.807) is 13.0 Å². The van der Waals surface area contributed by atoms with Gasteiger partial charge in [-0.2, -0.15) is 0 Å². The van der Waals surface area contributed by atoms with Crippen molar-refractivity contribution in [3.05, 3.63) is 65.2 Å². The van der Waals surface area contributed by atoms with Crippen molar-refractivity contribution in [2.24, 2.45) is 0 Å². The Morgan fingerprint density at radius 3 is 2.30 bits per heavy atom.